The van der Waals surface area contributed by atoms with E-state index in [0.29, 0.717) is 11.8 Å². The van der Waals surface area contributed by atoms with Crippen LogP contribution < -0.4 is 0 Å². The Hall–Kier alpha value is -18.2. The van der Waals surface area contributed by atoms with E-state index in [9.17, 15) is 0 Å². The van der Waals surface area contributed by atoms with Gasteiger partial charge in [-0.05, 0) is 206 Å². The van der Waals surface area contributed by atoms with Gasteiger partial charge in [-0.25, -0.2) is 19.9 Å². The Balaban J connectivity index is 0.000000110. The number of hydrogen-bond acceptors (Lipinski definition) is 6. The topological polar surface area (TPSA) is 92.1 Å². The number of benzene rings is 22. The summed E-state index contributed by atoms with van der Waals surface area (Å²) in [5.74, 6) is 0.894. The van der Waals surface area contributed by atoms with Crippen LogP contribution in [0.1, 0.15) is 61.8 Å². The van der Waals surface area contributed by atoms with Crippen molar-refractivity contribution in [3.8, 4) is 95.5 Å². The molecule has 6 heterocycles. The smallest absolute Gasteiger partial charge is 0.0979 e. The van der Waals surface area contributed by atoms with Gasteiger partial charge in [0.25, 0.3) is 0 Å². The normalized spacial score (nSPS) is 11.8. The Bertz CT molecular complexity index is 10000. The fourth-order valence-corrected chi connectivity index (χ4v) is 22.0. The van der Waals surface area contributed by atoms with Crippen molar-refractivity contribution in [2.24, 2.45) is 0 Å². The third kappa shape index (κ3) is 14.8. The fraction of sp³-hybridized carbons (Fsp3) is 0.0597. The molecule has 676 valence electrons. The lowest BCUT2D eigenvalue weighted by Crippen LogP contribution is -1.98. The van der Waals surface area contributed by atoms with Crippen LogP contribution in [-0.2, 0) is 0 Å². The van der Waals surface area contributed by atoms with Crippen LogP contribution in [0.2, 0.25) is 0 Å². The standard InChI is InChI=1S/C46H29N3.C46H37N3.C42H29N3/c1-3-15-30(16-4-1)43-44(48-46-39-25-12-9-21-35(39)34-20-8-11-24-38(34)45(46)47-43)37-23-10-7-19-33(37)31-27-28-42-40(29-31)36-22-13-14-26-41(36)49(42)32-17-5-2-6-18-32;1-28(2)30-17-20-37-39(24-30)40-25-31(29(3)4)18-21-38(40)46-45(37)47-27-42(48-46)34-12-10-11-32(23-34)33-19-22-44-41(26-33)36-15-8-9-16-43(36)49(44)35-13-6-5-7-14-35;1-26-15-18-33-35(21-26)36-22-27(2)16-19-34(36)42-41(33)43-25-38(44-42)30-10-8-9-28(23-30)29-17-20-40-37(24-29)32-13-6-7-14-39(32)45(40)31-11-4-3-5-12-31/h1-29H;5-29H,1-4H3;3-25H,1-2H3. The molecule has 0 amide bonds. The Morgan fingerprint density at radius 2 is 0.483 bits per heavy atom. The lowest BCUT2D eigenvalue weighted by molar-refractivity contribution is 0.868. The summed E-state index contributed by atoms with van der Waals surface area (Å²) in [7, 11) is 0. The van der Waals surface area contributed by atoms with E-state index in [0.717, 1.165) is 138 Å². The zero-order valence-electron chi connectivity index (χ0n) is 80.0. The predicted octanol–water partition coefficient (Wildman–Crippen LogP) is 35.6. The molecule has 0 radical (unpaired) electrons. The van der Waals surface area contributed by atoms with Gasteiger partial charge in [-0.15, -0.1) is 0 Å². The van der Waals surface area contributed by atoms with Gasteiger partial charge in [0.15, 0.2) is 0 Å². The van der Waals surface area contributed by atoms with Crippen molar-refractivity contribution < 1.29 is 0 Å². The van der Waals surface area contributed by atoms with Crippen LogP contribution in [0, 0.1) is 13.8 Å². The van der Waals surface area contributed by atoms with Gasteiger partial charge in [0.2, 0.25) is 0 Å². The molecule has 0 atom stereocenters. The molecule has 0 aliphatic rings. The summed E-state index contributed by atoms with van der Waals surface area (Å²) in [6.45, 7) is 13.3. The number of hydrogen-bond donors (Lipinski definition) is 0. The Morgan fingerprint density at radius 1 is 0.182 bits per heavy atom. The molecule has 0 spiro atoms. The maximum Gasteiger partial charge on any atom is 0.0979 e. The lowest BCUT2D eigenvalue weighted by atomic mass is 9.92. The van der Waals surface area contributed by atoms with Crippen molar-refractivity contribution in [1.82, 2.24) is 43.6 Å². The van der Waals surface area contributed by atoms with Crippen molar-refractivity contribution in [3.63, 3.8) is 0 Å². The van der Waals surface area contributed by atoms with Crippen LogP contribution in [0.4, 0.5) is 0 Å². The van der Waals surface area contributed by atoms with Crippen LogP contribution in [-0.4, -0.2) is 43.6 Å². The molecule has 6 aromatic heterocycles. The predicted molar refractivity (Wildman–Crippen MR) is 602 cm³/mol. The molecule has 9 heteroatoms. The SMILES string of the molecule is CC(C)c1ccc2c(c1)c1cc(C(C)C)ccc1c1nc(-c3cccc(-c4ccc5c(c4)c4ccccc4n5-c4ccccc4)c3)cnc21.Cc1ccc2c(c1)c1cc(C)ccc1c1nc(-c3cccc(-c4ccc5c(c4)c4ccccc4n5-c4ccccc4)c3)cnc21.c1ccc(-c2nc3c4ccccc4c4ccccc4c3nc2-c2ccccc2-c2ccc3c(c2)c2ccccc2n3-c2ccccc2)cc1. The first-order valence-corrected chi connectivity index (χ1v) is 49.4. The number of aromatic nitrogens is 9. The Labute approximate surface area is 827 Å². The summed E-state index contributed by atoms with van der Waals surface area (Å²) < 4.78 is 7.07. The van der Waals surface area contributed by atoms with Crippen molar-refractivity contribution in [1.29, 1.82) is 0 Å². The maximum atomic E-state index is 5.58. The second-order valence-electron chi connectivity index (χ2n) is 38.5. The van der Waals surface area contributed by atoms with Gasteiger partial charge in [-0.1, -0.05) is 379 Å². The first kappa shape index (κ1) is 85.3. The summed E-state index contributed by atoms with van der Waals surface area (Å²) in [6, 6.07) is 159. The van der Waals surface area contributed by atoms with E-state index in [1.54, 1.807) is 0 Å². The van der Waals surface area contributed by atoms with Crippen molar-refractivity contribution in [2.45, 2.75) is 53.4 Å². The zero-order valence-corrected chi connectivity index (χ0v) is 80.0. The van der Waals surface area contributed by atoms with E-state index in [1.807, 2.05) is 12.4 Å². The summed E-state index contributed by atoms with van der Waals surface area (Å²) in [5, 5.41) is 21.6. The molecule has 22 aromatic carbocycles. The minimum atomic E-state index is 0.442. The van der Waals surface area contributed by atoms with Crippen LogP contribution in [0.15, 0.2) is 455 Å². The van der Waals surface area contributed by atoms with Crippen molar-refractivity contribution >= 4 is 163 Å². The highest BCUT2D eigenvalue weighted by Crippen LogP contribution is 2.47. The lowest BCUT2D eigenvalue weighted by Gasteiger charge is -2.17. The molecule has 0 saturated carbocycles. The molecule has 0 unspecified atom stereocenters. The molecule has 0 bridgehead atoms. The maximum absolute atomic E-state index is 5.58. The van der Waals surface area contributed by atoms with Crippen LogP contribution in [0.5, 0.6) is 0 Å². The molecule has 0 aliphatic heterocycles. The number of fused-ring (bicyclic) bond motifs is 27. The molecule has 0 N–H and O–H groups in total. The van der Waals surface area contributed by atoms with E-state index in [-0.39, 0.29) is 0 Å². The van der Waals surface area contributed by atoms with Crippen molar-refractivity contribution in [2.75, 3.05) is 0 Å². The van der Waals surface area contributed by atoms with Gasteiger partial charge < -0.3 is 13.7 Å². The molecule has 9 nitrogen and oxygen atoms in total. The Kier molecular flexibility index (Phi) is 20.9. The molecular formula is C134H95N9. The molecular weight excluding hydrogens is 1740 g/mol. The van der Waals surface area contributed by atoms with Crippen LogP contribution in [0.3, 0.4) is 0 Å². The van der Waals surface area contributed by atoms with Crippen LogP contribution >= 0.6 is 0 Å². The minimum absolute atomic E-state index is 0.442. The van der Waals surface area contributed by atoms with E-state index >= 15 is 0 Å². The van der Waals surface area contributed by atoms with Gasteiger partial charge in [-0.3, -0.25) is 9.97 Å². The van der Waals surface area contributed by atoms with Gasteiger partial charge in [0.1, 0.15) is 0 Å². The molecule has 143 heavy (non-hydrogen) atoms. The van der Waals surface area contributed by atoms with Gasteiger partial charge in [0.05, 0.1) is 101 Å². The first-order valence-electron chi connectivity index (χ1n) is 49.4. The summed E-state index contributed by atoms with van der Waals surface area (Å²) in [6.07, 6.45) is 3.87. The zero-order chi connectivity index (χ0) is 95.6. The van der Waals surface area contributed by atoms with E-state index in [1.165, 1.54) is 142 Å². The van der Waals surface area contributed by atoms with Crippen LogP contribution in [0.25, 0.3) is 259 Å². The van der Waals surface area contributed by atoms with Crippen molar-refractivity contribution in [3.05, 3.63) is 477 Å². The third-order valence-electron chi connectivity index (χ3n) is 29.1. The Morgan fingerprint density at radius 3 is 0.909 bits per heavy atom. The fourth-order valence-electron chi connectivity index (χ4n) is 22.0. The first-order chi connectivity index (χ1) is 70.4. The molecule has 28 aromatic rings. The largest absolute Gasteiger partial charge is 0.309 e. The minimum Gasteiger partial charge on any atom is -0.309 e. The second kappa shape index (κ2) is 35.1. The molecule has 0 saturated heterocycles. The molecule has 0 aliphatic carbocycles. The quantitative estimate of drug-likeness (QED) is 0.113. The summed E-state index contributed by atoms with van der Waals surface area (Å²) in [4.78, 5) is 31.8. The van der Waals surface area contributed by atoms with Gasteiger partial charge >= 0.3 is 0 Å². The highest BCUT2D eigenvalue weighted by molar-refractivity contribution is 6.27. The molecule has 0 fully saturated rings. The van der Waals surface area contributed by atoms with Gasteiger partial charge in [-0.2, -0.15) is 0 Å². The van der Waals surface area contributed by atoms with E-state index in [2.05, 4.69) is 498 Å². The van der Waals surface area contributed by atoms with E-state index in [4.69, 9.17) is 29.9 Å². The highest BCUT2D eigenvalue weighted by atomic mass is 15.0. The third-order valence-corrected chi connectivity index (χ3v) is 29.1. The number of aryl methyl sites for hydroxylation is 2. The van der Waals surface area contributed by atoms with Gasteiger partial charge in [0, 0.05) is 104 Å². The average Bonchev–Trinajstić information content (AvgIpc) is 1.71. The second-order valence-corrected chi connectivity index (χ2v) is 38.5. The summed E-state index contributed by atoms with van der Waals surface area (Å²) >= 11 is 0. The molecule has 28 rings (SSSR count). The number of para-hydroxylation sites is 6. The summed E-state index contributed by atoms with van der Waals surface area (Å²) in [5.41, 5.74) is 36.1. The number of nitrogens with zero attached hydrogens (tertiary/aromatic N) is 9. The average molecular weight is 1830 g/mol. The monoisotopic (exact) mass is 1830 g/mol. The van der Waals surface area contributed by atoms with E-state index < -0.39 is 0 Å². The number of rotatable bonds is 12. The highest BCUT2D eigenvalue weighted by Gasteiger charge is 2.26.